The Morgan fingerprint density at radius 3 is 2.78 bits per heavy atom. The van der Waals surface area contributed by atoms with Gasteiger partial charge in [-0.2, -0.15) is 5.26 Å². The number of rotatable bonds is 5. The first kappa shape index (κ1) is 12.4. The van der Waals surface area contributed by atoms with Crippen LogP contribution >= 0.6 is 11.3 Å². The average molecular weight is 260 g/mol. The lowest BCUT2D eigenvalue weighted by Gasteiger charge is -2.04. The molecule has 5 nitrogen and oxygen atoms in total. The fourth-order valence-corrected chi connectivity index (χ4v) is 2.03. The summed E-state index contributed by atoms with van der Waals surface area (Å²) in [7, 11) is 0. The first-order valence-electron chi connectivity index (χ1n) is 5.32. The molecule has 0 spiro atoms. The molecule has 1 aromatic carbocycles. The average Bonchev–Trinajstić information content (AvgIpc) is 2.86. The second kappa shape index (κ2) is 6.00. The molecule has 2 aromatic rings. The van der Waals surface area contributed by atoms with Crippen LogP contribution in [0.2, 0.25) is 0 Å². The van der Waals surface area contributed by atoms with Crippen LogP contribution < -0.4 is 16.0 Å². The first-order valence-corrected chi connectivity index (χ1v) is 6.13. The SMILES string of the molecule is N#CCc1ccc(OCc2cnc(NN)s2)cc1. The molecule has 0 aliphatic carbocycles. The van der Waals surface area contributed by atoms with Crippen LogP contribution in [0.1, 0.15) is 10.4 Å². The van der Waals surface area contributed by atoms with Gasteiger partial charge in [0.15, 0.2) is 5.13 Å². The number of hydrogen-bond donors (Lipinski definition) is 2. The van der Waals surface area contributed by atoms with Crippen molar-refractivity contribution >= 4 is 16.5 Å². The van der Waals surface area contributed by atoms with E-state index in [9.17, 15) is 0 Å². The molecule has 0 unspecified atom stereocenters. The van der Waals surface area contributed by atoms with Gasteiger partial charge in [0, 0.05) is 6.20 Å². The maximum Gasteiger partial charge on any atom is 0.197 e. The van der Waals surface area contributed by atoms with Gasteiger partial charge in [0.05, 0.1) is 17.4 Å². The summed E-state index contributed by atoms with van der Waals surface area (Å²) in [5.74, 6) is 6.02. The summed E-state index contributed by atoms with van der Waals surface area (Å²) in [5.41, 5.74) is 3.47. The van der Waals surface area contributed by atoms with Crippen molar-refractivity contribution in [2.24, 2.45) is 5.84 Å². The fourth-order valence-electron chi connectivity index (χ4n) is 1.39. The normalized spacial score (nSPS) is 9.78. The van der Waals surface area contributed by atoms with Crippen LogP contribution in [0.3, 0.4) is 0 Å². The maximum atomic E-state index is 8.56. The van der Waals surface area contributed by atoms with Gasteiger partial charge in [-0.3, -0.25) is 5.43 Å². The smallest absolute Gasteiger partial charge is 0.197 e. The molecule has 0 aliphatic heterocycles. The Kier molecular flexibility index (Phi) is 4.12. The zero-order valence-corrected chi connectivity index (χ0v) is 10.4. The number of nitrogens with zero attached hydrogens (tertiary/aromatic N) is 2. The van der Waals surface area contributed by atoms with Crippen molar-refractivity contribution in [1.82, 2.24) is 4.98 Å². The molecule has 1 aromatic heterocycles. The number of benzene rings is 1. The molecule has 2 rings (SSSR count). The van der Waals surface area contributed by atoms with Gasteiger partial charge in [-0.1, -0.05) is 23.5 Å². The zero-order valence-electron chi connectivity index (χ0n) is 9.59. The molecule has 0 radical (unpaired) electrons. The fraction of sp³-hybridized carbons (Fsp3) is 0.167. The third-order valence-corrected chi connectivity index (χ3v) is 3.17. The molecule has 0 amide bonds. The second-order valence-corrected chi connectivity index (χ2v) is 4.66. The summed E-state index contributed by atoms with van der Waals surface area (Å²) in [5, 5.41) is 9.23. The van der Waals surface area contributed by atoms with E-state index < -0.39 is 0 Å². The Labute approximate surface area is 109 Å². The molecule has 0 bridgehead atoms. The van der Waals surface area contributed by atoms with Gasteiger partial charge in [-0.25, -0.2) is 10.8 Å². The van der Waals surface area contributed by atoms with Crippen LogP contribution in [0.25, 0.3) is 0 Å². The number of ether oxygens (including phenoxy) is 1. The Morgan fingerprint density at radius 1 is 1.39 bits per heavy atom. The summed E-state index contributed by atoms with van der Waals surface area (Å²) >= 11 is 1.45. The van der Waals surface area contributed by atoms with Crippen molar-refractivity contribution in [3.8, 4) is 11.8 Å². The number of hydrazine groups is 1. The molecule has 92 valence electrons. The van der Waals surface area contributed by atoms with E-state index in [2.05, 4.69) is 16.5 Å². The van der Waals surface area contributed by atoms with Gasteiger partial charge in [0.2, 0.25) is 0 Å². The Hall–Kier alpha value is -2.10. The highest BCUT2D eigenvalue weighted by Crippen LogP contribution is 2.20. The summed E-state index contributed by atoms with van der Waals surface area (Å²) in [6.07, 6.45) is 2.14. The van der Waals surface area contributed by atoms with Gasteiger partial charge in [-0.05, 0) is 17.7 Å². The standard InChI is InChI=1S/C12H12N4OS/c13-6-5-9-1-3-10(4-2-9)17-8-11-7-15-12(16-14)18-11/h1-4,7H,5,8,14H2,(H,15,16). The van der Waals surface area contributed by atoms with Crippen LogP contribution in [-0.2, 0) is 13.0 Å². The molecule has 0 fully saturated rings. The highest BCUT2D eigenvalue weighted by Gasteiger charge is 2.01. The third kappa shape index (κ3) is 3.20. The van der Waals surface area contributed by atoms with E-state index in [-0.39, 0.29) is 0 Å². The molecule has 18 heavy (non-hydrogen) atoms. The number of nitrogens with two attached hydrogens (primary N) is 1. The van der Waals surface area contributed by atoms with Crippen LogP contribution in [-0.4, -0.2) is 4.98 Å². The van der Waals surface area contributed by atoms with E-state index >= 15 is 0 Å². The number of nitrogens with one attached hydrogen (secondary N) is 1. The molecular weight excluding hydrogens is 248 g/mol. The predicted molar refractivity (Wildman–Crippen MR) is 70.0 cm³/mol. The summed E-state index contributed by atoms with van der Waals surface area (Å²) in [6, 6.07) is 9.59. The lowest BCUT2D eigenvalue weighted by Crippen LogP contribution is -2.05. The van der Waals surface area contributed by atoms with Crippen LogP contribution in [0, 0.1) is 11.3 Å². The maximum absolute atomic E-state index is 8.56. The van der Waals surface area contributed by atoms with Crippen molar-refractivity contribution in [3.63, 3.8) is 0 Å². The van der Waals surface area contributed by atoms with E-state index in [0.717, 1.165) is 16.2 Å². The predicted octanol–water partition coefficient (Wildman–Crippen LogP) is 2.07. The number of nitriles is 1. The second-order valence-electron chi connectivity index (χ2n) is 3.54. The van der Waals surface area contributed by atoms with Gasteiger partial charge < -0.3 is 4.74 Å². The molecule has 3 N–H and O–H groups in total. The molecule has 0 saturated heterocycles. The summed E-state index contributed by atoms with van der Waals surface area (Å²) < 4.78 is 5.60. The van der Waals surface area contributed by atoms with E-state index in [1.54, 1.807) is 6.20 Å². The molecular formula is C12H12N4OS. The zero-order chi connectivity index (χ0) is 12.8. The van der Waals surface area contributed by atoms with Crippen molar-refractivity contribution in [1.29, 1.82) is 5.26 Å². The number of anilines is 1. The van der Waals surface area contributed by atoms with Crippen LogP contribution in [0.4, 0.5) is 5.13 Å². The topological polar surface area (TPSA) is 84.0 Å². The van der Waals surface area contributed by atoms with Crippen molar-refractivity contribution in [2.75, 3.05) is 5.43 Å². The van der Waals surface area contributed by atoms with Gasteiger partial charge in [-0.15, -0.1) is 0 Å². The number of aromatic nitrogens is 1. The lowest BCUT2D eigenvalue weighted by molar-refractivity contribution is 0.309. The van der Waals surface area contributed by atoms with E-state index in [0.29, 0.717) is 18.2 Å². The van der Waals surface area contributed by atoms with Crippen LogP contribution in [0.5, 0.6) is 5.75 Å². The largest absolute Gasteiger partial charge is 0.488 e. The van der Waals surface area contributed by atoms with Gasteiger partial charge in [0.1, 0.15) is 12.4 Å². The van der Waals surface area contributed by atoms with Crippen LogP contribution in [0.15, 0.2) is 30.5 Å². The minimum atomic E-state index is 0.417. The molecule has 0 saturated carbocycles. The molecule has 0 aliphatic rings. The minimum absolute atomic E-state index is 0.417. The number of hydrogen-bond acceptors (Lipinski definition) is 6. The third-order valence-electron chi connectivity index (χ3n) is 2.26. The number of thiazole rings is 1. The van der Waals surface area contributed by atoms with Crippen molar-refractivity contribution in [2.45, 2.75) is 13.0 Å². The van der Waals surface area contributed by atoms with Gasteiger partial charge >= 0.3 is 0 Å². The summed E-state index contributed by atoms with van der Waals surface area (Å²) in [6.45, 7) is 0.455. The molecule has 1 heterocycles. The monoisotopic (exact) mass is 260 g/mol. The minimum Gasteiger partial charge on any atom is -0.488 e. The Morgan fingerprint density at radius 2 is 2.17 bits per heavy atom. The summed E-state index contributed by atoms with van der Waals surface area (Å²) in [4.78, 5) is 5.04. The number of nitrogen functional groups attached to an aromatic ring is 1. The quantitative estimate of drug-likeness (QED) is 0.635. The Bertz CT molecular complexity index is 544. The highest BCUT2D eigenvalue weighted by molar-refractivity contribution is 7.15. The van der Waals surface area contributed by atoms with E-state index in [4.69, 9.17) is 15.8 Å². The molecule has 0 atom stereocenters. The van der Waals surface area contributed by atoms with Crippen molar-refractivity contribution < 1.29 is 4.74 Å². The van der Waals surface area contributed by atoms with Gasteiger partial charge in [0.25, 0.3) is 0 Å². The lowest BCUT2D eigenvalue weighted by atomic mass is 10.2. The highest BCUT2D eigenvalue weighted by atomic mass is 32.1. The molecule has 6 heteroatoms. The van der Waals surface area contributed by atoms with Crippen molar-refractivity contribution in [3.05, 3.63) is 40.9 Å². The Balaban J connectivity index is 1.91. The van der Waals surface area contributed by atoms with E-state index in [1.807, 2.05) is 24.3 Å². The first-order chi connectivity index (χ1) is 8.81. The van der Waals surface area contributed by atoms with E-state index in [1.165, 1.54) is 11.3 Å².